The molecule has 0 aliphatic rings. The number of hydrogen-bond donors (Lipinski definition) is 1. The summed E-state index contributed by atoms with van der Waals surface area (Å²) in [5, 5.41) is 2.73. The van der Waals surface area contributed by atoms with Crippen LogP contribution in [0.5, 0.6) is 0 Å². The van der Waals surface area contributed by atoms with E-state index in [1.807, 2.05) is 12.1 Å². The fourth-order valence-electron chi connectivity index (χ4n) is 2.34. The number of rotatable bonds is 5. The van der Waals surface area contributed by atoms with Crippen LogP contribution < -0.4 is 5.32 Å². The number of carbonyl (C=O) groups excluding carboxylic acids is 1. The molecule has 0 aliphatic carbocycles. The van der Waals surface area contributed by atoms with Crippen LogP contribution in [0.25, 0.3) is 0 Å². The second-order valence-corrected chi connectivity index (χ2v) is 5.98. The van der Waals surface area contributed by atoms with Crippen LogP contribution in [-0.2, 0) is 12.6 Å². The van der Waals surface area contributed by atoms with Crippen molar-refractivity contribution in [1.29, 1.82) is 0 Å². The average molecular weight is 335 g/mol. The zero-order valence-corrected chi connectivity index (χ0v) is 13.7. The molecule has 0 saturated heterocycles. The van der Waals surface area contributed by atoms with E-state index < -0.39 is 11.7 Å². The van der Waals surface area contributed by atoms with Gasteiger partial charge in [-0.1, -0.05) is 44.2 Å². The summed E-state index contributed by atoms with van der Waals surface area (Å²) in [6.45, 7) is 4.43. The van der Waals surface area contributed by atoms with Gasteiger partial charge in [0.2, 0.25) is 0 Å². The Balaban J connectivity index is 1.91. The number of nitrogens with one attached hydrogen (secondary N) is 1. The first-order chi connectivity index (χ1) is 11.3. The highest BCUT2D eigenvalue weighted by molar-refractivity contribution is 5.94. The summed E-state index contributed by atoms with van der Waals surface area (Å²) in [7, 11) is 0. The molecule has 0 spiro atoms. The van der Waals surface area contributed by atoms with Crippen LogP contribution in [0.4, 0.5) is 13.2 Å². The molecule has 2 rings (SSSR count). The first-order valence-electron chi connectivity index (χ1n) is 7.81. The fraction of sp³-hybridized carbons (Fsp3) is 0.316. The van der Waals surface area contributed by atoms with Gasteiger partial charge < -0.3 is 5.32 Å². The molecule has 0 unspecified atom stereocenters. The summed E-state index contributed by atoms with van der Waals surface area (Å²) in [5.74, 6) is 0.167. The number of halogens is 3. The lowest BCUT2D eigenvalue weighted by Gasteiger charge is -2.10. The average Bonchev–Trinajstić information content (AvgIpc) is 2.54. The van der Waals surface area contributed by atoms with Gasteiger partial charge >= 0.3 is 6.18 Å². The Morgan fingerprint density at radius 1 is 1.08 bits per heavy atom. The van der Waals surface area contributed by atoms with Gasteiger partial charge in [-0.2, -0.15) is 13.2 Å². The van der Waals surface area contributed by atoms with Gasteiger partial charge in [0.15, 0.2) is 0 Å². The van der Waals surface area contributed by atoms with E-state index in [4.69, 9.17) is 0 Å². The van der Waals surface area contributed by atoms with Gasteiger partial charge in [0.1, 0.15) is 0 Å². The summed E-state index contributed by atoms with van der Waals surface area (Å²) in [4.78, 5) is 12.1. The fourth-order valence-corrected chi connectivity index (χ4v) is 2.34. The van der Waals surface area contributed by atoms with Crippen LogP contribution in [0.1, 0.15) is 46.8 Å². The second-order valence-electron chi connectivity index (χ2n) is 5.98. The molecule has 0 heterocycles. The number of benzene rings is 2. The highest BCUT2D eigenvalue weighted by atomic mass is 19.4. The van der Waals surface area contributed by atoms with Gasteiger partial charge in [0, 0.05) is 12.1 Å². The second kappa shape index (κ2) is 7.51. The third-order valence-corrected chi connectivity index (χ3v) is 3.79. The Morgan fingerprint density at radius 3 is 2.33 bits per heavy atom. The van der Waals surface area contributed by atoms with E-state index >= 15 is 0 Å². The molecule has 1 N–H and O–H groups in total. The Kier molecular flexibility index (Phi) is 5.65. The summed E-state index contributed by atoms with van der Waals surface area (Å²) in [5.41, 5.74) is 1.56. The molecule has 0 bridgehead atoms. The molecule has 128 valence electrons. The van der Waals surface area contributed by atoms with Gasteiger partial charge in [0.25, 0.3) is 5.91 Å². The van der Waals surface area contributed by atoms with E-state index in [-0.39, 0.29) is 12.5 Å². The van der Waals surface area contributed by atoms with E-state index in [0.717, 1.165) is 17.7 Å². The highest BCUT2D eigenvalue weighted by Gasteiger charge is 2.30. The lowest BCUT2D eigenvalue weighted by Crippen LogP contribution is -2.25. The molecule has 0 atom stereocenters. The summed E-state index contributed by atoms with van der Waals surface area (Å²) >= 11 is 0. The van der Waals surface area contributed by atoms with Gasteiger partial charge in [-0.3, -0.25) is 4.79 Å². The lowest BCUT2D eigenvalue weighted by atomic mass is 10.0. The zero-order chi connectivity index (χ0) is 17.7. The Bertz CT molecular complexity index is 691. The van der Waals surface area contributed by atoms with Crippen LogP contribution >= 0.6 is 0 Å². The van der Waals surface area contributed by atoms with E-state index in [1.54, 1.807) is 18.2 Å². The number of hydrogen-bond acceptors (Lipinski definition) is 1. The van der Waals surface area contributed by atoms with E-state index in [9.17, 15) is 18.0 Å². The summed E-state index contributed by atoms with van der Waals surface area (Å²) in [6, 6.07) is 12.5. The SMILES string of the molecule is CC(C)c1ccc(C(=O)NCCc2cccc(C(F)(F)F)c2)cc1. The molecule has 2 nitrogen and oxygen atoms in total. The topological polar surface area (TPSA) is 29.1 Å². The van der Waals surface area contributed by atoms with E-state index in [1.165, 1.54) is 6.07 Å². The lowest BCUT2D eigenvalue weighted by molar-refractivity contribution is -0.137. The van der Waals surface area contributed by atoms with Crippen molar-refractivity contribution in [1.82, 2.24) is 5.32 Å². The minimum Gasteiger partial charge on any atom is -0.352 e. The molecule has 2 aromatic carbocycles. The van der Waals surface area contributed by atoms with Crippen LogP contribution in [0, 0.1) is 0 Å². The van der Waals surface area contributed by atoms with Crippen molar-refractivity contribution in [3.8, 4) is 0 Å². The Labute approximate surface area is 139 Å². The smallest absolute Gasteiger partial charge is 0.352 e. The summed E-state index contributed by atoms with van der Waals surface area (Å²) in [6.07, 6.45) is -4.00. The van der Waals surface area contributed by atoms with Crippen molar-refractivity contribution in [2.75, 3.05) is 6.54 Å². The van der Waals surface area contributed by atoms with Crippen molar-refractivity contribution in [3.63, 3.8) is 0 Å². The quantitative estimate of drug-likeness (QED) is 0.835. The Hall–Kier alpha value is -2.30. The molecule has 0 aromatic heterocycles. The third-order valence-electron chi connectivity index (χ3n) is 3.79. The molecule has 5 heteroatoms. The van der Waals surface area contributed by atoms with Crippen LogP contribution in [-0.4, -0.2) is 12.5 Å². The maximum atomic E-state index is 12.7. The van der Waals surface area contributed by atoms with E-state index in [0.29, 0.717) is 23.5 Å². The molecule has 1 amide bonds. The van der Waals surface area contributed by atoms with Crippen molar-refractivity contribution < 1.29 is 18.0 Å². The molecule has 0 fully saturated rings. The first-order valence-corrected chi connectivity index (χ1v) is 7.81. The molecule has 0 radical (unpaired) electrons. The third kappa shape index (κ3) is 4.85. The monoisotopic (exact) mass is 335 g/mol. The Morgan fingerprint density at radius 2 is 1.75 bits per heavy atom. The van der Waals surface area contributed by atoms with Crippen molar-refractivity contribution in [2.45, 2.75) is 32.4 Å². The van der Waals surface area contributed by atoms with Gasteiger partial charge in [-0.05, 0) is 41.7 Å². The van der Waals surface area contributed by atoms with Crippen LogP contribution in [0.2, 0.25) is 0 Å². The number of alkyl halides is 3. The predicted molar refractivity (Wildman–Crippen MR) is 88.0 cm³/mol. The highest BCUT2D eigenvalue weighted by Crippen LogP contribution is 2.29. The van der Waals surface area contributed by atoms with Gasteiger partial charge in [0.05, 0.1) is 5.56 Å². The van der Waals surface area contributed by atoms with Crippen LogP contribution in [0.15, 0.2) is 48.5 Å². The number of carbonyl (C=O) groups is 1. The molecule has 0 aliphatic heterocycles. The van der Waals surface area contributed by atoms with Crippen molar-refractivity contribution in [2.24, 2.45) is 0 Å². The maximum Gasteiger partial charge on any atom is 0.416 e. The van der Waals surface area contributed by atoms with Crippen molar-refractivity contribution in [3.05, 3.63) is 70.8 Å². The first kappa shape index (κ1) is 18.0. The standard InChI is InChI=1S/C19H20F3NO/c1-13(2)15-6-8-16(9-7-15)18(24)23-11-10-14-4-3-5-17(12-14)19(20,21)22/h3-9,12-13H,10-11H2,1-2H3,(H,23,24). The van der Waals surface area contributed by atoms with Crippen LogP contribution in [0.3, 0.4) is 0 Å². The van der Waals surface area contributed by atoms with Gasteiger partial charge in [-0.15, -0.1) is 0 Å². The molecule has 2 aromatic rings. The predicted octanol–water partition coefficient (Wildman–Crippen LogP) is 4.80. The molecular formula is C19H20F3NO. The van der Waals surface area contributed by atoms with Gasteiger partial charge in [-0.25, -0.2) is 0 Å². The van der Waals surface area contributed by atoms with Crippen molar-refractivity contribution >= 4 is 5.91 Å². The van der Waals surface area contributed by atoms with E-state index in [2.05, 4.69) is 19.2 Å². The maximum absolute atomic E-state index is 12.7. The summed E-state index contributed by atoms with van der Waals surface area (Å²) < 4.78 is 38.0. The normalized spacial score (nSPS) is 11.6. The largest absolute Gasteiger partial charge is 0.416 e. The molecular weight excluding hydrogens is 315 g/mol. The molecule has 0 saturated carbocycles. The zero-order valence-electron chi connectivity index (χ0n) is 13.7. The minimum absolute atomic E-state index is 0.225. The minimum atomic E-state index is -4.35. The molecule has 24 heavy (non-hydrogen) atoms. The number of amides is 1.